The second kappa shape index (κ2) is 8.60. The van der Waals surface area contributed by atoms with Gasteiger partial charge in [-0.3, -0.25) is 15.1 Å². The summed E-state index contributed by atoms with van der Waals surface area (Å²) in [6.45, 7) is 3.01. The SMILES string of the molecule is CC(/C=C/c1ccc([N+](=O)[O-])o1)=N\N(CCCl)CCCl. The van der Waals surface area contributed by atoms with Crippen LogP contribution in [-0.2, 0) is 0 Å². The molecule has 1 aromatic heterocycles. The average molecular weight is 320 g/mol. The van der Waals surface area contributed by atoms with Crippen molar-refractivity contribution in [2.45, 2.75) is 6.92 Å². The molecule has 0 saturated heterocycles. The first kappa shape index (κ1) is 16.5. The number of rotatable bonds is 8. The minimum atomic E-state index is -0.582. The van der Waals surface area contributed by atoms with Gasteiger partial charge in [0, 0.05) is 24.8 Å². The highest BCUT2D eigenvalue weighted by atomic mass is 35.5. The van der Waals surface area contributed by atoms with Crippen LogP contribution in [0, 0.1) is 10.1 Å². The lowest BCUT2D eigenvalue weighted by molar-refractivity contribution is -0.402. The van der Waals surface area contributed by atoms with Crippen molar-refractivity contribution in [3.05, 3.63) is 34.1 Å². The molecular formula is C12H15Cl2N3O3. The second-order valence-electron chi connectivity index (χ2n) is 3.84. The fourth-order valence-electron chi connectivity index (χ4n) is 1.40. The highest BCUT2D eigenvalue weighted by Gasteiger charge is 2.09. The Morgan fingerprint density at radius 1 is 1.45 bits per heavy atom. The van der Waals surface area contributed by atoms with Crippen LogP contribution >= 0.6 is 23.2 Å². The molecule has 0 amide bonds. The van der Waals surface area contributed by atoms with Gasteiger partial charge in [-0.15, -0.1) is 23.2 Å². The zero-order valence-corrected chi connectivity index (χ0v) is 12.5. The van der Waals surface area contributed by atoms with Gasteiger partial charge < -0.3 is 4.42 Å². The Balaban J connectivity index is 2.68. The van der Waals surface area contributed by atoms with Gasteiger partial charge in [0.25, 0.3) is 0 Å². The first-order valence-corrected chi connectivity index (χ1v) is 6.98. The van der Waals surface area contributed by atoms with Gasteiger partial charge in [-0.1, -0.05) is 0 Å². The molecular weight excluding hydrogens is 305 g/mol. The summed E-state index contributed by atoms with van der Waals surface area (Å²) in [7, 11) is 0. The molecule has 0 aliphatic carbocycles. The van der Waals surface area contributed by atoms with Crippen LogP contribution in [0.3, 0.4) is 0 Å². The third-order valence-corrected chi connectivity index (χ3v) is 2.60. The predicted molar refractivity (Wildman–Crippen MR) is 80.5 cm³/mol. The lowest BCUT2D eigenvalue weighted by Crippen LogP contribution is -2.23. The molecule has 1 rings (SSSR count). The van der Waals surface area contributed by atoms with Gasteiger partial charge in [0.2, 0.25) is 0 Å². The number of nitro groups is 1. The fourth-order valence-corrected chi connectivity index (χ4v) is 1.79. The number of allylic oxidation sites excluding steroid dienone is 1. The van der Waals surface area contributed by atoms with Gasteiger partial charge in [0.15, 0.2) is 0 Å². The Kier molecular flexibility index (Phi) is 7.11. The largest absolute Gasteiger partial charge is 0.433 e. The standard InChI is InChI=1S/C12H15Cl2N3O3/c1-10(15-16(8-6-13)9-7-14)2-3-11-4-5-12(20-11)17(18)19/h2-5H,6-9H2,1H3/b3-2+,15-10+. The minimum absolute atomic E-state index is 0.287. The van der Waals surface area contributed by atoms with E-state index in [9.17, 15) is 10.1 Å². The number of hydrogen-bond donors (Lipinski definition) is 0. The molecule has 0 unspecified atom stereocenters. The Morgan fingerprint density at radius 2 is 2.10 bits per heavy atom. The van der Waals surface area contributed by atoms with Gasteiger partial charge >= 0.3 is 5.88 Å². The molecule has 110 valence electrons. The third kappa shape index (κ3) is 5.63. The van der Waals surface area contributed by atoms with Gasteiger partial charge in [-0.2, -0.15) is 5.10 Å². The van der Waals surface area contributed by atoms with E-state index in [1.165, 1.54) is 12.1 Å². The second-order valence-corrected chi connectivity index (χ2v) is 4.60. The summed E-state index contributed by atoms with van der Waals surface area (Å²) < 4.78 is 5.00. The van der Waals surface area contributed by atoms with E-state index in [1.807, 2.05) is 6.92 Å². The van der Waals surface area contributed by atoms with E-state index >= 15 is 0 Å². The molecule has 1 aromatic rings. The molecule has 8 heteroatoms. The summed E-state index contributed by atoms with van der Waals surface area (Å²) in [6, 6.07) is 2.83. The summed E-state index contributed by atoms with van der Waals surface area (Å²) >= 11 is 11.3. The van der Waals surface area contributed by atoms with Crippen LogP contribution in [0.1, 0.15) is 12.7 Å². The topological polar surface area (TPSA) is 71.9 Å². The first-order valence-electron chi connectivity index (χ1n) is 5.91. The molecule has 0 saturated carbocycles. The Morgan fingerprint density at radius 3 is 2.60 bits per heavy atom. The molecule has 20 heavy (non-hydrogen) atoms. The Hall–Kier alpha value is -1.53. The lowest BCUT2D eigenvalue weighted by Gasteiger charge is -2.16. The van der Waals surface area contributed by atoms with Crippen molar-refractivity contribution in [3.63, 3.8) is 0 Å². The molecule has 0 spiro atoms. The lowest BCUT2D eigenvalue weighted by atomic mass is 10.3. The molecule has 0 aromatic carbocycles. The summed E-state index contributed by atoms with van der Waals surface area (Å²) in [5.74, 6) is 1.03. The summed E-state index contributed by atoms with van der Waals surface area (Å²) in [5.41, 5.74) is 0.722. The van der Waals surface area contributed by atoms with Crippen LogP contribution in [0.5, 0.6) is 0 Å². The Bertz CT molecular complexity index is 494. The molecule has 0 bridgehead atoms. The van der Waals surface area contributed by atoms with Crippen molar-refractivity contribution in [2.24, 2.45) is 5.10 Å². The average Bonchev–Trinajstić information content (AvgIpc) is 2.86. The molecule has 1 heterocycles. The van der Waals surface area contributed by atoms with Crippen molar-refractivity contribution < 1.29 is 9.34 Å². The zero-order valence-electron chi connectivity index (χ0n) is 11.0. The summed E-state index contributed by atoms with van der Waals surface area (Å²) in [6.07, 6.45) is 3.32. The quantitative estimate of drug-likeness (QED) is 0.319. The number of alkyl halides is 2. The van der Waals surface area contributed by atoms with Crippen LogP contribution in [0.15, 0.2) is 27.7 Å². The van der Waals surface area contributed by atoms with Crippen molar-refractivity contribution in [1.29, 1.82) is 0 Å². The van der Waals surface area contributed by atoms with E-state index in [4.69, 9.17) is 27.6 Å². The normalized spacial score (nSPS) is 12.1. The highest BCUT2D eigenvalue weighted by Crippen LogP contribution is 2.16. The van der Waals surface area contributed by atoms with E-state index in [0.717, 1.165) is 5.71 Å². The molecule has 0 aliphatic rings. The molecule has 0 N–H and O–H groups in total. The van der Waals surface area contributed by atoms with Crippen LogP contribution in [-0.4, -0.2) is 40.5 Å². The van der Waals surface area contributed by atoms with Crippen LogP contribution in [0.4, 0.5) is 5.88 Å². The number of furan rings is 1. The van der Waals surface area contributed by atoms with Crippen LogP contribution in [0.25, 0.3) is 6.08 Å². The van der Waals surface area contributed by atoms with Crippen molar-refractivity contribution in [2.75, 3.05) is 24.8 Å². The van der Waals surface area contributed by atoms with E-state index < -0.39 is 4.92 Å². The third-order valence-electron chi connectivity index (χ3n) is 2.27. The highest BCUT2D eigenvalue weighted by molar-refractivity contribution is 6.18. The predicted octanol–water partition coefficient (Wildman–Crippen LogP) is 3.36. The van der Waals surface area contributed by atoms with Crippen molar-refractivity contribution >= 4 is 40.9 Å². The summed E-state index contributed by atoms with van der Waals surface area (Å²) in [4.78, 5) is 9.89. The molecule has 0 fully saturated rings. The Labute approximate surface area is 126 Å². The monoisotopic (exact) mass is 319 g/mol. The maximum Gasteiger partial charge on any atom is 0.433 e. The number of nitrogens with zero attached hydrogens (tertiary/aromatic N) is 3. The van der Waals surface area contributed by atoms with Crippen molar-refractivity contribution in [1.82, 2.24) is 5.01 Å². The van der Waals surface area contributed by atoms with Crippen LogP contribution < -0.4 is 0 Å². The van der Waals surface area contributed by atoms with Gasteiger partial charge in [-0.25, -0.2) is 0 Å². The van der Waals surface area contributed by atoms with Crippen LogP contribution in [0.2, 0.25) is 0 Å². The minimum Gasteiger partial charge on any atom is -0.401 e. The fraction of sp³-hybridized carbons (Fsp3) is 0.417. The number of halogens is 2. The number of hydrazone groups is 1. The maximum absolute atomic E-state index is 10.5. The first-order chi connectivity index (χ1) is 9.56. The molecule has 0 atom stereocenters. The maximum atomic E-state index is 10.5. The van der Waals surface area contributed by atoms with Crippen molar-refractivity contribution in [3.8, 4) is 0 Å². The molecule has 0 radical (unpaired) electrons. The van der Waals surface area contributed by atoms with Gasteiger partial charge in [-0.05, 0) is 25.1 Å². The number of hydrogen-bond acceptors (Lipinski definition) is 5. The summed E-state index contributed by atoms with van der Waals surface area (Å²) in [5, 5.41) is 16.6. The van der Waals surface area contributed by atoms with Gasteiger partial charge in [0.05, 0.1) is 11.8 Å². The molecule has 6 nitrogen and oxygen atoms in total. The van der Waals surface area contributed by atoms with Gasteiger partial charge in [0.1, 0.15) is 10.7 Å². The van der Waals surface area contributed by atoms with E-state index in [-0.39, 0.29) is 5.88 Å². The van der Waals surface area contributed by atoms with E-state index in [2.05, 4.69) is 5.10 Å². The van der Waals surface area contributed by atoms with E-state index in [0.29, 0.717) is 30.6 Å². The molecule has 0 aliphatic heterocycles. The zero-order chi connectivity index (χ0) is 15.0. The van der Waals surface area contributed by atoms with E-state index in [1.54, 1.807) is 17.2 Å². The smallest absolute Gasteiger partial charge is 0.401 e.